The number of hydrogen-bond donors (Lipinski definition) is 1. The van der Waals surface area contributed by atoms with Crippen LogP contribution in [0.25, 0.3) is 0 Å². The van der Waals surface area contributed by atoms with Crippen molar-refractivity contribution in [2.24, 2.45) is 5.92 Å². The summed E-state index contributed by atoms with van der Waals surface area (Å²) in [5.74, 6) is 0.00780. The molecule has 4 heteroatoms. The molecule has 1 atom stereocenters. The number of para-hydroxylation sites is 1. The van der Waals surface area contributed by atoms with E-state index >= 15 is 0 Å². The summed E-state index contributed by atoms with van der Waals surface area (Å²) in [5.41, 5.74) is 0.350. The van der Waals surface area contributed by atoms with Gasteiger partial charge in [0.15, 0.2) is 0 Å². The average Bonchev–Trinajstić information content (AvgIpc) is 2.81. The van der Waals surface area contributed by atoms with Gasteiger partial charge in [0.05, 0.1) is 5.69 Å². The minimum absolute atomic E-state index is 0.0243. The van der Waals surface area contributed by atoms with E-state index < -0.39 is 0 Å². The van der Waals surface area contributed by atoms with Crippen LogP contribution in [0.1, 0.15) is 12.8 Å². The molecule has 1 heterocycles. The lowest BCUT2D eigenvalue weighted by Gasteiger charge is -2.19. The first kappa shape index (κ1) is 12.0. The van der Waals surface area contributed by atoms with E-state index in [1.807, 2.05) is 0 Å². The first-order valence-electron chi connectivity index (χ1n) is 5.90. The molecule has 3 nitrogen and oxygen atoms in total. The maximum atomic E-state index is 13.5. The molecular formula is C13H17FN2O. The number of carbonyl (C=O) groups is 1. The smallest absolute Gasteiger partial charge is 0.227 e. The van der Waals surface area contributed by atoms with Gasteiger partial charge in [-0.05, 0) is 37.6 Å². The summed E-state index contributed by atoms with van der Waals surface area (Å²) in [6.45, 7) is 1.86. The monoisotopic (exact) mass is 236 g/mol. The lowest BCUT2D eigenvalue weighted by Crippen LogP contribution is -2.29. The maximum absolute atomic E-state index is 13.5. The van der Waals surface area contributed by atoms with E-state index in [0.717, 1.165) is 19.5 Å². The minimum Gasteiger partial charge on any atom is -0.316 e. The van der Waals surface area contributed by atoms with Crippen molar-refractivity contribution in [3.05, 3.63) is 30.1 Å². The molecule has 1 unspecified atom stereocenters. The van der Waals surface area contributed by atoms with Gasteiger partial charge in [0.2, 0.25) is 5.91 Å². The number of nitrogens with one attached hydrogen (secondary N) is 1. The molecule has 92 valence electrons. The predicted molar refractivity (Wildman–Crippen MR) is 65.4 cm³/mol. The Morgan fingerprint density at radius 1 is 1.53 bits per heavy atom. The van der Waals surface area contributed by atoms with Gasteiger partial charge >= 0.3 is 0 Å². The van der Waals surface area contributed by atoms with Crippen molar-refractivity contribution in [1.29, 1.82) is 0 Å². The van der Waals surface area contributed by atoms with Crippen molar-refractivity contribution < 1.29 is 9.18 Å². The van der Waals surface area contributed by atoms with Crippen molar-refractivity contribution in [2.45, 2.75) is 12.8 Å². The van der Waals surface area contributed by atoms with E-state index in [0.29, 0.717) is 18.0 Å². The van der Waals surface area contributed by atoms with Gasteiger partial charge in [0, 0.05) is 13.5 Å². The van der Waals surface area contributed by atoms with Crippen LogP contribution in [0.2, 0.25) is 0 Å². The van der Waals surface area contributed by atoms with E-state index in [1.54, 1.807) is 25.2 Å². The summed E-state index contributed by atoms with van der Waals surface area (Å²) in [7, 11) is 1.63. The maximum Gasteiger partial charge on any atom is 0.227 e. The van der Waals surface area contributed by atoms with Crippen LogP contribution in [0.15, 0.2) is 24.3 Å². The Morgan fingerprint density at radius 3 is 2.94 bits per heavy atom. The zero-order chi connectivity index (χ0) is 12.3. The zero-order valence-corrected chi connectivity index (χ0v) is 9.95. The zero-order valence-electron chi connectivity index (χ0n) is 9.95. The van der Waals surface area contributed by atoms with Crippen LogP contribution in [0.3, 0.4) is 0 Å². The first-order valence-corrected chi connectivity index (χ1v) is 5.90. The largest absolute Gasteiger partial charge is 0.316 e. The highest BCUT2D eigenvalue weighted by molar-refractivity contribution is 5.93. The molecule has 1 aromatic rings. The summed E-state index contributed by atoms with van der Waals surface area (Å²) in [6.07, 6.45) is 1.51. The van der Waals surface area contributed by atoms with Crippen LogP contribution in [-0.4, -0.2) is 26.0 Å². The van der Waals surface area contributed by atoms with Crippen LogP contribution in [-0.2, 0) is 4.79 Å². The molecule has 17 heavy (non-hydrogen) atoms. The number of halogens is 1. The van der Waals surface area contributed by atoms with Gasteiger partial charge in [-0.15, -0.1) is 0 Å². The topological polar surface area (TPSA) is 32.3 Å². The van der Waals surface area contributed by atoms with Crippen molar-refractivity contribution in [2.75, 3.05) is 25.0 Å². The Hall–Kier alpha value is -1.42. The predicted octanol–water partition coefficient (Wildman–Crippen LogP) is 1.79. The van der Waals surface area contributed by atoms with Crippen LogP contribution < -0.4 is 10.2 Å². The van der Waals surface area contributed by atoms with Crippen molar-refractivity contribution in [3.8, 4) is 0 Å². The fourth-order valence-electron chi connectivity index (χ4n) is 2.13. The molecule has 0 radical (unpaired) electrons. The van der Waals surface area contributed by atoms with Crippen LogP contribution in [0.4, 0.5) is 10.1 Å². The molecule has 0 spiro atoms. The minimum atomic E-state index is -0.354. The SMILES string of the molecule is CN(C(=O)CC1CCNC1)c1ccccc1F. The average molecular weight is 236 g/mol. The second kappa shape index (κ2) is 5.27. The van der Waals surface area contributed by atoms with Gasteiger partial charge in [-0.25, -0.2) is 4.39 Å². The molecule has 0 aliphatic carbocycles. The normalized spacial score (nSPS) is 19.3. The molecule has 0 bridgehead atoms. The van der Waals surface area contributed by atoms with Gasteiger partial charge in [-0.1, -0.05) is 12.1 Å². The highest BCUT2D eigenvalue weighted by Gasteiger charge is 2.21. The molecule has 0 aromatic heterocycles. The van der Waals surface area contributed by atoms with Gasteiger partial charge in [-0.3, -0.25) is 4.79 Å². The van der Waals surface area contributed by atoms with Crippen LogP contribution >= 0.6 is 0 Å². The van der Waals surface area contributed by atoms with E-state index in [1.165, 1.54) is 11.0 Å². The molecule has 0 saturated carbocycles. The molecular weight excluding hydrogens is 219 g/mol. The summed E-state index contributed by atoms with van der Waals surface area (Å²) in [4.78, 5) is 13.4. The fraction of sp³-hybridized carbons (Fsp3) is 0.462. The highest BCUT2D eigenvalue weighted by atomic mass is 19.1. The standard InChI is InChI=1S/C13H17FN2O/c1-16(12-5-3-2-4-11(12)14)13(17)8-10-6-7-15-9-10/h2-5,10,15H,6-9H2,1H3. The highest BCUT2D eigenvalue weighted by Crippen LogP contribution is 2.20. The van der Waals surface area contributed by atoms with Gasteiger partial charge in [0.25, 0.3) is 0 Å². The lowest BCUT2D eigenvalue weighted by molar-refractivity contribution is -0.119. The molecule has 1 fully saturated rings. The number of anilines is 1. The Labute approximate surface area is 101 Å². The number of amides is 1. The Morgan fingerprint density at radius 2 is 2.29 bits per heavy atom. The third kappa shape index (κ3) is 2.82. The second-order valence-electron chi connectivity index (χ2n) is 4.47. The second-order valence-corrected chi connectivity index (χ2v) is 4.47. The van der Waals surface area contributed by atoms with Crippen LogP contribution in [0, 0.1) is 11.7 Å². The van der Waals surface area contributed by atoms with Crippen LogP contribution in [0.5, 0.6) is 0 Å². The fourth-order valence-corrected chi connectivity index (χ4v) is 2.13. The van der Waals surface area contributed by atoms with Gasteiger partial charge < -0.3 is 10.2 Å². The van der Waals surface area contributed by atoms with E-state index in [4.69, 9.17) is 0 Å². The molecule has 1 aromatic carbocycles. The third-order valence-corrected chi connectivity index (χ3v) is 3.21. The third-order valence-electron chi connectivity index (χ3n) is 3.21. The number of benzene rings is 1. The van der Waals surface area contributed by atoms with E-state index in [-0.39, 0.29) is 11.7 Å². The van der Waals surface area contributed by atoms with Crippen molar-refractivity contribution in [3.63, 3.8) is 0 Å². The Kier molecular flexibility index (Phi) is 3.74. The van der Waals surface area contributed by atoms with Crippen molar-refractivity contribution in [1.82, 2.24) is 5.32 Å². The van der Waals surface area contributed by atoms with Gasteiger partial charge in [0.1, 0.15) is 5.82 Å². The Bertz CT molecular complexity index is 402. The summed E-state index contributed by atoms with van der Waals surface area (Å²) >= 11 is 0. The summed E-state index contributed by atoms with van der Waals surface area (Å²) < 4.78 is 13.5. The number of rotatable bonds is 3. The number of hydrogen-bond acceptors (Lipinski definition) is 2. The number of nitrogens with zero attached hydrogens (tertiary/aromatic N) is 1. The summed E-state index contributed by atoms with van der Waals surface area (Å²) in [5, 5.41) is 3.22. The molecule has 1 N–H and O–H groups in total. The first-order chi connectivity index (χ1) is 8.18. The molecule has 1 aliphatic rings. The Balaban J connectivity index is 2.01. The number of carbonyl (C=O) groups excluding carboxylic acids is 1. The van der Waals surface area contributed by atoms with E-state index in [2.05, 4.69) is 5.32 Å². The quantitative estimate of drug-likeness (QED) is 0.867. The molecule has 1 amide bonds. The molecule has 1 saturated heterocycles. The lowest BCUT2D eigenvalue weighted by atomic mass is 10.0. The van der Waals surface area contributed by atoms with Gasteiger partial charge in [-0.2, -0.15) is 0 Å². The van der Waals surface area contributed by atoms with E-state index in [9.17, 15) is 9.18 Å². The molecule has 1 aliphatic heterocycles. The van der Waals surface area contributed by atoms with Crippen molar-refractivity contribution >= 4 is 11.6 Å². The summed E-state index contributed by atoms with van der Waals surface area (Å²) in [6, 6.07) is 6.35. The molecule has 2 rings (SSSR count).